The molecule has 1 N–H and O–H groups in total. The lowest BCUT2D eigenvalue weighted by Crippen LogP contribution is -2.32. The summed E-state index contributed by atoms with van der Waals surface area (Å²) in [5.41, 5.74) is 1.35. The smallest absolute Gasteiger partial charge is 0.119 e. The normalized spacial score (nSPS) is 16.6. The number of imidazole rings is 1. The van der Waals surface area contributed by atoms with Gasteiger partial charge in [-0.25, -0.2) is 4.98 Å². The maximum atomic E-state index is 5.75. The van der Waals surface area contributed by atoms with Crippen molar-refractivity contribution in [1.82, 2.24) is 19.8 Å². The Labute approximate surface area is 144 Å². The van der Waals surface area contributed by atoms with Gasteiger partial charge < -0.3 is 14.6 Å². The zero-order valence-electron chi connectivity index (χ0n) is 14.7. The molecule has 130 valence electrons. The number of ether oxygens (including phenoxy) is 1. The molecule has 1 fully saturated rings. The number of H-pyrrole nitrogens is 1. The van der Waals surface area contributed by atoms with Gasteiger partial charge in [-0.2, -0.15) is 0 Å². The lowest BCUT2D eigenvalue weighted by molar-refractivity contribution is 0.202. The Hall–Kier alpha value is -1.85. The van der Waals surface area contributed by atoms with Gasteiger partial charge in [-0.05, 0) is 57.7 Å². The first-order valence-electron chi connectivity index (χ1n) is 8.79. The number of aromatic amines is 1. The van der Waals surface area contributed by atoms with Crippen molar-refractivity contribution in [2.24, 2.45) is 0 Å². The number of piperidine rings is 1. The highest BCUT2D eigenvalue weighted by molar-refractivity contribution is 5.27. The van der Waals surface area contributed by atoms with Crippen LogP contribution in [0.5, 0.6) is 5.75 Å². The summed E-state index contributed by atoms with van der Waals surface area (Å²) in [6, 6.07) is 8.54. The van der Waals surface area contributed by atoms with Crippen molar-refractivity contribution in [3.8, 4) is 5.75 Å². The summed E-state index contributed by atoms with van der Waals surface area (Å²) in [5.74, 6) is 2.69. The topological polar surface area (TPSA) is 44.4 Å². The standard InChI is InChI=1S/C19H28N4O/c1-22(2)13-14-24-18-5-3-16(4-6-18)15-23-11-7-17(8-12-23)19-20-9-10-21-19/h3-6,9-10,17H,7-8,11-15H2,1-2H3,(H,20,21). The monoisotopic (exact) mass is 328 g/mol. The van der Waals surface area contributed by atoms with Crippen LogP contribution in [0.25, 0.3) is 0 Å². The van der Waals surface area contributed by atoms with E-state index in [-0.39, 0.29) is 0 Å². The fourth-order valence-corrected chi connectivity index (χ4v) is 3.16. The number of nitrogens with one attached hydrogen (secondary N) is 1. The third-order valence-electron chi connectivity index (χ3n) is 4.63. The molecule has 1 aromatic heterocycles. The fourth-order valence-electron chi connectivity index (χ4n) is 3.16. The number of likely N-dealkylation sites (tertiary alicyclic amines) is 1. The number of nitrogens with zero attached hydrogens (tertiary/aromatic N) is 3. The van der Waals surface area contributed by atoms with E-state index in [1.54, 1.807) is 0 Å². The molecule has 5 heteroatoms. The van der Waals surface area contributed by atoms with Gasteiger partial charge in [-0.15, -0.1) is 0 Å². The summed E-state index contributed by atoms with van der Waals surface area (Å²) >= 11 is 0. The Kier molecular flexibility index (Phi) is 5.88. The second-order valence-corrected chi connectivity index (χ2v) is 6.82. The number of hydrogen-bond donors (Lipinski definition) is 1. The van der Waals surface area contributed by atoms with E-state index in [1.807, 2.05) is 12.4 Å². The summed E-state index contributed by atoms with van der Waals surface area (Å²) in [5, 5.41) is 0. The van der Waals surface area contributed by atoms with Gasteiger partial charge in [0.1, 0.15) is 18.2 Å². The molecule has 3 rings (SSSR count). The molecule has 1 aliphatic heterocycles. The molecule has 0 bridgehead atoms. The first-order chi connectivity index (χ1) is 11.7. The number of benzene rings is 1. The molecule has 0 saturated carbocycles. The van der Waals surface area contributed by atoms with Crippen molar-refractivity contribution >= 4 is 0 Å². The van der Waals surface area contributed by atoms with E-state index >= 15 is 0 Å². The predicted octanol–water partition coefficient (Wildman–Crippen LogP) is 2.73. The first-order valence-corrected chi connectivity index (χ1v) is 8.79. The highest BCUT2D eigenvalue weighted by atomic mass is 16.5. The van der Waals surface area contributed by atoms with E-state index in [9.17, 15) is 0 Å². The maximum absolute atomic E-state index is 5.75. The van der Waals surface area contributed by atoms with E-state index in [2.05, 4.69) is 58.1 Å². The van der Waals surface area contributed by atoms with Crippen LogP contribution in [0.2, 0.25) is 0 Å². The van der Waals surface area contributed by atoms with E-state index in [1.165, 1.54) is 18.4 Å². The van der Waals surface area contributed by atoms with Crippen LogP contribution >= 0.6 is 0 Å². The minimum atomic E-state index is 0.587. The first kappa shape index (κ1) is 17.0. The van der Waals surface area contributed by atoms with Crippen molar-refractivity contribution in [3.63, 3.8) is 0 Å². The largest absolute Gasteiger partial charge is 0.492 e. The van der Waals surface area contributed by atoms with Crippen LogP contribution in [0, 0.1) is 0 Å². The van der Waals surface area contributed by atoms with Gasteiger partial charge in [0.2, 0.25) is 0 Å². The molecule has 2 heterocycles. The van der Waals surface area contributed by atoms with Gasteiger partial charge in [0.05, 0.1) is 0 Å². The van der Waals surface area contributed by atoms with Crippen LogP contribution in [0.1, 0.15) is 30.1 Å². The van der Waals surface area contributed by atoms with Gasteiger partial charge >= 0.3 is 0 Å². The lowest BCUT2D eigenvalue weighted by Gasteiger charge is -2.31. The minimum absolute atomic E-state index is 0.587. The Morgan fingerprint density at radius 2 is 1.96 bits per heavy atom. The lowest BCUT2D eigenvalue weighted by atomic mass is 9.96. The van der Waals surface area contributed by atoms with Gasteiger partial charge in [0, 0.05) is 31.4 Å². The van der Waals surface area contributed by atoms with Gasteiger partial charge in [0.15, 0.2) is 0 Å². The maximum Gasteiger partial charge on any atom is 0.119 e. The van der Waals surface area contributed by atoms with Crippen LogP contribution in [0.3, 0.4) is 0 Å². The van der Waals surface area contributed by atoms with Crippen LogP contribution in [0.4, 0.5) is 0 Å². The van der Waals surface area contributed by atoms with Crippen LogP contribution < -0.4 is 4.74 Å². The molecule has 1 aliphatic rings. The average molecular weight is 328 g/mol. The quantitative estimate of drug-likeness (QED) is 0.849. The SMILES string of the molecule is CN(C)CCOc1ccc(CN2CCC(c3ncc[nH]3)CC2)cc1. The number of aromatic nitrogens is 2. The van der Waals surface area contributed by atoms with Crippen molar-refractivity contribution in [3.05, 3.63) is 48.0 Å². The summed E-state index contributed by atoms with van der Waals surface area (Å²) in [7, 11) is 4.11. The molecular weight excluding hydrogens is 300 g/mol. The number of likely N-dealkylation sites (N-methyl/N-ethyl adjacent to an activating group) is 1. The molecule has 2 aromatic rings. The number of rotatable bonds is 7. The Balaban J connectivity index is 1.43. The van der Waals surface area contributed by atoms with Gasteiger partial charge in [0.25, 0.3) is 0 Å². The molecule has 24 heavy (non-hydrogen) atoms. The molecule has 0 spiro atoms. The second kappa shape index (κ2) is 8.31. The molecule has 0 atom stereocenters. The third kappa shape index (κ3) is 4.82. The molecule has 1 aromatic carbocycles. The van der Waals surface area contributed by atoms with Gasteiger partial charge in [-0.3, -0.25) is 4.90 Å². The van der Waals surface area contributed by atoms with Crippen molar-refractivity contribution in [2.45, 2.75) is 25.3 Å². The van der Waals surface area contributed by atoms with Gasteiger partial charge in [-0.1, -0.05) is 12.1 Å². The Bertz CT molecular complexity index is 586. The highest BCUT2D eigenvalue weighted by Gasteiger charge is 2.22. The Morgan fingerprint density at radius 3 is 2.58 bits per heavy atom. The summed E-state index contributed by atoms with van der Waals surface area (Å²) < 4.78 is 5.75. The summed E-state index contributed by atoms with van der Waals surface area (Å²) in [6.45, 7) is 4.95. The highest BCUT2D eigenvalue weighted by Crippen LogP contribution is 2.26. The van der Waals surface area contributed by atoms with E-state index < -0.39 is 0 Å². The predicted molar refractivity (Wildman–Crippen MR) is 96.3 cm³/mol. The fraction of sp³-hybridized carbons (Fsp3) is 0.526. The molecule has 0 aliphatic carbocycles. The number of hydrogen-bond acceptors (Lipinski definition) is 4. The zero-order valence-corrected chi connectivity index (χ0v) is 14.7. The van der Waals surface area contributed by atoms with E-state index in [4.69, 9.17) is 4.74 Å². The molecular formula is C19H28N4O. The average Bonchev–Trinajstić information content (AvgIpc) is 3.11. The van der Waals surface area contributed by atoms with Crippen molar-refractivity contribution in [2.75, 3.05) is 40.3 Å². The molecule has 5 nitrogen and oxygen atoms in total. The van der Waals surface area contributed by atoms with E-state index in [0.29, 0.717) is 5.92 Å². The van der Waals surface area contributed by atoms with Crippen LogP contribution in [-0.4, -0.2) is 60.1 Å². The Morgan fingerprint density at radius 1 is 1.21 bits per heavy atom. The summed E-state index contributed by atoms with van der Waals surface area (Å²) in [6.07, 6.45) is 6.13. The minimum Gasteiger partial charge on any atom is -0.492 e. The zero-order chi connectivity index (χ0) is 16.8. The van der Waals surface area contributed by atoms with Crippen molar-refractivity contribution < 1.29 is 4.74 Å². The molecule has 0 amide bonds. The van der Waals surface area contributed by atoms with Crippen LogP contribution in [-0.2, 0) is 6.54 Å². The second-order valence-electron chi connectivity index (χ2n) is 6.82. The summed E-state index contributed by atoms with van der Waals surface area (Å²) in [4.78, 5) is 12.3. The van der Waals surface area contributed by atoms with Crippen LogP contribution in [0.15, 0.2) is 36.7 Å². The molecule has 0 unspecified atom stereocenters. The van der Waals surface area contributed by atoms with Crippen molar-refractivity contribution in [1.29, 1.82) is 0 Å². The third-order valence-corrected chi connectivity index (χ3v) is 4.63. The molecule has 1 saturated heterocycles. The molecule has 0 radical (unpaired) electrons. The van der Waals surface area contributed by atoms with E-state index in [0.717, 1.165) is 44.4 Å².